The van der Waals surface area contributed by atoms with E-state index in [-0.39, 0.29) is 11.2 Å². The van der Waals surface area contributed by atoms with Crippen LogP contribution in [0.3, 0.4) is 0 Å². The second-order valence-electron chi connectivity index (χ2n) is 5.29. The predicted molar refractivity (Wildman–Crippen MR) is 76.7 cm³/mol. The fourth-order valence-corrected chi connectivity index (χ4v) is 3.50. The lowest BCUT2D eigenvalue weighted by Crippen LogP contribution is -2.31. The summed E-state index contributed by atoms with van der Waals surface area (Å²) in [5.74, 6) is 1.24. The van der Waals surface area contributed by atoms with Crippen molar-refractivity contribution in [3.63, 3.8) is 0 Å². The number of hydrogen-bond donors (Lipinski definition) is 1. The molecule has 1 aromatic heterocycles. The van der Waals surface area contributed by atoms with Gasteiger partial charge in [-0.15, -0.1) is 0 Å². The van der Waals surface area contributed by atoms with E-state index in [1.165, 1.54) is 0 Å². The van der Waals surface area contributed by atoms with Crippen molar-refractivity contribution in [2.24, 2.45) is 0 Å². The minimum atomic E-state index is -0.354. The molecule has 98 valence electrons. The number of hydrogen-bond acceptors (Lipinski definition) is 3. The first-order chi connectivity index (χ1) is 8.66. The summed E-state index contributed by atoms with van der Waals surface area (Å²) in [6, 6.07) is 0. The summed E-state index contributed by atoms with van der Waals surface area (Å²) in [5, 5.41) is 0. The van der Waals surface area contributed by atoms with Crippen molar-refractivity contribution in [1.29, 1.82) is 0 Å². The van der Waals surface area contributed by atoms with E-state index in [1.54, 1.807) is 7.11 Å². The van der Waals surface area contributed by atoms with E-state index in [1.807, 2.05) is 0 Å². The zero-order valence-electron chi connectivity index (χ0n) is 10.5. The number of aromatic nitrogens is 2. The quantitative estimate of drug-likeness (QED) is 0.844. The number of methoxy groups -OCH3 is 1. The monoisotopic (exact) mass is 360 g/mol. The molecule has 4 nitrogen and oxygen atoms in total. The molecule has 0 radical (unpaired) electrons. The third-order valence-corrected chi connectivity index (χ3v) is 5.13. The highest BCUT2D eigenvalue weighted by Gasteiger charge is 2.39. The summed E-state index contributed by atoms with van der Waals surface area (Å²) < 4.78 is 6.45. The molecule has 0 amide bonds. The minimum absolute atomic E-state index is 0.00850. The summed E-state index contributed by atoms with van der Waals surface area (Å²) in [6.45, 7) is 0. The highest BCUT2D eigenvalue weighted by molar-refractivity contribution is 14.1. The zero-order chi connectivity index (χ0) is 12.8. The molecule has 1 N–H and O–H groups in total. The summed E-state index contributed by atoms with van der Waals surface area (Å²) in [5.41, 5.74) is 0.621. The van der Waals surface area contributed by atoms with Crippen LogP contribution in [-0.2, 0) is 10.3 Å². The molecule has 0 bridgehead atoms. The van der Waals surface area contributed by atoms with Gasteiger partial charge in [-0.05, 0) is 61.1 Å². The first-order valence-corrected chi connectivity index (χ1v) is 7.59. The third kappa shape index (κ3) is 2.01. The van der Waals surface area contributed by atoms with Gasteiger partial charge in [0.2, 0.25) is 0 Å². The Morgan fingerprint density at radius 2 is 2.06 bits per heavy atom. The zero-order valence-corrected chi connectivity index (χ0v) is 12.6. The molecule has 3 rings (SSSR count). The van der Waals surface area contributed by atoms with Gasteiger partial charge in [0.25, 0.3) is 5.56 Å². The van der Waals surface area contributed by atoms with E-state index in [9.17, 15) is 4.79 Å². The molecular weight excluding hydrogens is 343 g/mol. The Kier molecular flexibility index (Phi) is 3.21. The average molecular weight is 360 g/mol. The van der Waals surface area contributed by atoms with Crippen LogP contribution < -0.4 is 5.56 Å². The summed E-state index contributed by atoms with van der Waals surface area (Å²) >= 11 is 2.11. The van der Waals surface area contributed by atoms with Crippen molar-refractivity contribution >= 4 is 22.6 Å². The topological polar surface area (TPSA) is 55.0 Å². The molecular formula is C13H17IN2O2. The standard InChI is InChI=1S/C13H17IN2O2/c1-18-13(6-2-3-7-13)12-15-10(8-4-5-8)9(14)11(17)16-12/h8H,2-7H2,1H3,(H,15,16,17). The smallest absolute Gasteiger partial charge is 0.264 e. The number of aromatic amines is 1. The number of rotatable bonds is 3. The maximum atomic E-state index is 12.0. The van der Waals surface area contributed by atoms with E-state index in [2.05, 4.69) is 27.6 Å². The molecule has 5 heteroatoms. The van der Waals surface area contributed by atoms with Crippen molar-refractivity contribution in [1.82, 2.24) is 9.97 Å². The Bertz CT molecular complexity index is 516. The molecule has 0 unspecified atom stereocenters. The summed E-state index contributed by atoms with van der Waals surface area (Å²) in [6.07, 6.45) is 6.51. The van der Waals surface area contributed by atoms with Crippen LogP contribution >= 0.6 is 22.6 Å². The van der Waals surface area contributed by atoms with Crippen molar-refractivity contribution in [2.45, 2.75) is 50.0 Å². The Labute approximate surface area is 120 Å². The van der Waals surface area contributed by atoms with E-state index in [4.69, 9.17) is 9.72 Å². The Hall–Kier alpha value is -0.430. The summed E-state index contributed by atoms with van der Waals surface area (Å²) in [7, 11) is 1.72. The molecule has 2 aliphatic rings. The van der Waals surface area contributed by atoms with Crippen molar-refractivity contribution < 1.29 is 4.74 Å². The van der Waals surface area contributed by atoms with E-state index >= 15 is 0 Å². The predicted octanol–water partition coefficient (Wildman–Crippen LogP) is 2.67. The molecule has 0 aliphatic heterocycles. The number of halogens is 1. The van der Waals surface area contributed by atoms with Crippen LogP contribution in [0.4, 0.5) is 0 Å². The van der Waals surface area contributed by atoms with E-state index in [0.717, 1.165) is 53.6 Å². The first kappa shape index (κ1) is 12.6. The van der Waals surface area contributed by atoms with Gasteiger partial charge >= 0.3 is 0 Å². The van der Waals surface area contributed by atoms with Gasteiger partial charge < -0.3 is 9.72 Å². The highest BCUT2D eigenvalue weighted by Crippen LogP contribution is 2.43. The summed E-state index contributed by atoms with van der Waals surface area (Å²) in [4.78, 5) is 19.7. The molecule has 18 heavy (non-hydrogen) atoms. The van der Waals surface area contributed by atoms with Gasteiger partial charge in [-0.25, -0.2) is 4.98 Å². The van der Waals surface area contributed by atoms with Crippen LogP contribution in [-0.4, -0.2) is 17.1 Å². The van der Waals surface area contributed by atoms with Gasteiger partial charge in [0, 0.05) is 13.0 Å². The van der Waals surface area contributed by atoms with Crippen LogP contribution in [0.5, 0.6) is 0 Å². The lowest BCUT2D eigenvalue weighted by atomic mass is 10.0. The van der Waals surface area contributed by atoms with Crippen LogP contribution in [0.15, 0.2) is 4.79 Å². The molecule has 2 saturated carbocycles. The fourth-order valence-electron chi connectivity index (χ4n) is 2.80. The lowest BCUT2D eigenvalue weighted by Gasteiger charge is -2.26. The Morgan fingerprint density at radius 1 is 1.39 bits per heavy atom. The normalized spacial score (nSPS) is 22.3. The molecule has 2 fully saturated rings. The van der Waals surface area contributed by atoms with Gasteiger partial charge in [-0.1, -0.05) is 0 Å². The molecule has 0 atom stereocenters. The average Bonchev–Trinajstić information content (AvgIpc) is 3.10. The second-order valence-corrected chi connectivity index (χ2v) is 6.37. The number of nitrogens with zero attached hydrogens (tertiary/aromatic N) is 1. The van der Waals surface area contributed by atoms with Crippen LogP contribution in [0.2, 0.25) is 0 Å². The molecule has 1 aromatic rings. The maximum Gasteiger partial charge on any atom is 0.264 e. The number of nitrogens with one attached hydrogen (secondary N) is 1. The first-order valence-electron chi connectivity index (χ1n) is 6.51. The largest absolute Gasteiger partial charge is 0.370 e. The maximum absolute atomic E-state index is 12.0. The lowest BCUT2D eigenvalue weighted by molar-refractivity contribution is -0.0167. The van der Waals surface area contributed by atoms with E-state index in [0.29, 0.717) is 5.92 Å². The molecule has 0 spiro atoms. The van der Waals surface area contributed by atoms with Gasteiger partial charge in [-0.2, -0.15) is 0 Å². The van der Waals surface area contributed by atoms with Gasteiger partial charge in [0.1, 0.15) is 11.4 Å². The van der Waals surface area contributed by atoms with Gasteiger partial charge in [-0.3, -0.25) is 4.79 Å². The van der Waals surface area contributed by atoms with Crippen LogP contribution in [0, 0.1) is 3.57 Å². The number of ether oxygens (including phenoxy) is 1. The van der Waals surface area contributed by atoms with Crippen molar-refractivity contribution in [2.75, 3.05) is 7.11 Å². The fraction of sp³-hybridized carbons (Fsp3) is 0.692. The Balaban J connectivity index is 2.09. The molecule has 2 aliphatic carbocycles. The van der Waals surface area contributed by atoms with Gasteiger partial charge in [0.05, 0.1) is 9.26 Å². The minimum Gasteiger partial charge on any atom is -0.370 e. The Morgan fingerprint density at radius 3 is 2.61 bits per heavy atom. The van der Waals surface area contributed by atoms with Crippen LogP contribution in [0.1, 0.15) is 56.0 Å². The van der Waals surface area contributed by atoms with Crippen molar-refractivity contribution in [3.05, 3.63) is 25.4 Å². The van der Waals surface area contributed by atoms with E-state index < -0.39 is 0 Å². The molecule has 0 saturated heterocycles. The second kappa shape index (κ2) is 4.59. The SMILES string of the molecule is COC1(c2nc(C3CC3)c(I)c(=O)[nH]2)CCCC1. The number of H-pyrrole nitrogens is 1. The van der Waals surface area contributed by atoms with Gasteiger partial charge in [0.15, 0.2) is 0 Å². The molecule has 0 aromatic carbocycles. The highest BCUT2D eigenvalue weighted by atomic mass is 127. The van der Waals surface area contributed by atoms with Crippen molar-refractivity contribution in [3.8, 4) is 0 Å². The molecule has 1 heterocycles. The third-order valence-electron chi connectivity index (χ3n) is 4.09. The van der Waals surface area contributed by atoms with Crippen LogP contribution in [0.25, 0.3) is 0 Å².